The van der Waals surface area contributed by atoms with E-state index < -0.39 is 5.54 Å². The molecule has 4 heteroatoms. The van der Waals surface area contributed by atoms with Crippen molar-refractivity contribution in [2.75, 3.05) is 13.2 Å². The minimum Gasteiger partial charge on any atom is -0.478 e. The van der Waals surface area contributed by atoms with Crippen LogP contribution < -0.4 is 0 Å². The summed E-state index contributed by atoms with van der Waals surface area (Å²) in [5.74, 6) is 0.440. The SMILES string of the molecule is CCCCCCCCCCCC1=NC(C)(C(=O)OCC)CO1. The molecule has 128 valence electrons. The van der Waals surface area contributed by atoms with Crippen LogP contribution in [0.2, 0.25) is 0 Å². The lowest BCUT2D eigenvalue weighted by Crippen LogP contribution is -2.36. The smallest absolute Gasteiger partial charge is 0.337 e. The van der Waals surface area contributed by atoms with Gasteiger partial charge in [0.05, 0.1) is 6.61 Å². The molecule has 0 amide bonds. The van der Waals surface area contributed by atoms with Gasteiger partial charge < -0.3 is 9.47 Å². The minimum atomic E-state index is -0.829. The molecule has 0 bridgehead atoms. The second-order valence-corrected chi connectivity index (χ2v) is 6.37. The van der Waals surface area contributed by atoms with Crippen LogP contribution in [0.4, 0.5) is 0 Å². The molecule has 0 aromatic rings. The Balaban J connectivity index is 2.09. The second kappa shape index (κ2) is 10.6. The van der Waals surface area contributed by atoms with Crippen molar-refractivity contribution < 1.29 is 14.3 Å². The fourth-order valence-corrected chi connectivity index (χ4v) is 2.67. The van der Waals surface area contributed by atoms with Crippen LogP contribution in [-0.2, 0) is 14.3 Å². The molecule has 1 aliphatic heterocycles. The van der Waals surface area contributed by atoms with Crippen molar-refractivity contribution in [3.8, 4) is 0 Å². The predicted molar refractivity (Wildman–Crippen MR) is 90.3 cm³/mol. The van der Waals surface area contributed by atoms with Gasteiger partial charge in [0.15, 0.2) is 11.4 Å². The number of carbonyl (C=O) groups excluding carboxylic acids is 1. The monoisotopic (exact) mass is 311 g/mol. The van der Waals surface area contributed by atoms with Gasteiger partial charge in [-0.2, -0.15) is 0 Å². The van der Waals surface area contributed by atoms with Gasteiger partial charge in [0.1, 0.15) is 6.61 Å². The quantitative estimate of drug-likeness (QED) is 0.389. The highest BCUT2D eigenvalue weighted by molar-refractivity contribution is 5.88. The van der Waals surface area contributed by atoms with Crippen LogP contribution in [0, 0.1) is 0 Å². The van der Waals surface area contributed by atoms with Gasteiger partial charge in [0, 0.05) is 6.42 Å². The average Bonchev–Trinajstić information content (AvgIpc) is 2.89. The zero-order valence-electron chi connectivity index (χ0n) is 14.7. The van der Waals surface area contributed by atoms with E-state index in [0.717, 1.165) is 18.7 Å². The summed E-state index contributed by atoms with van der Waals surface area (Å²) in [6.07, 6.45) is 12.6. The molecule has 0 spiro atoms. The summed E-state index contributed by atoms with van der Waals surface area (Å²) in [4.78, 5) is 16.3. The van der Waals surface area contributed by atoms with E-state index in [4.69, 9.17) is 9.47 Å². The number of esters is 1. The molecule has 1 aliphatic rings. The molecule has 1 unspecified atom stereocenters. The molecule has 1 heterocycles. The maximum Gasteiger partial charge on any atom is 0.337 e. The minimum absolute atomic E-state index is 0.280. The number of aliphatic imine (C=N–C) groups is 1. The van der Waals surface area contributed by atoms with Crippen molar-refractivity contribution in [1.82, 2.24) is 0 Å². The van der Waals surface area contributed by atoms with Gasteiger partial charge in [-0.05, 0) is 20.3 Å². The molecule has 0 saturated carbocycles. The number of carbonyl (C=O) groups is 1. The molecule has 1 rings (SSSR count). The van der Waals surface area contributed by atoms with Gasteiger partial charge in [-0.1, -0.05) is 58.3 Å². The largest absolute Gasteiger partial charge is 0.478 e. The van der Waals surface area contributed by atoms with E-state index in [9.17, 15) is 4.79 Å². The Morgan fingerprint density at radius 1 is 1.09 bits per heavy atom. The van der Waals surface area contributed by atoms with E-state index in [-0.39, 0.29) is 5.97 Å². The van der Waals surface area contributed by atoms with Crippen molar-refractivity contribution in [2.24, 2.45) is 4.99 Å². The molecule has 0 aromatic heterocycles. The molecule has 4 nitrogen and oxygen atoms in total. The molecule has 0 radical (unpaired) electrons. The van der Waals surface area contributed by atoms with Crippen molar-refractivity contribution in [1.29, 1.82) is 0 Å². The lowest BCUT2D eigenvalue weighted by atomic mass is 10.1. The standard InChI is InChI=1S/C18H33NO3/c1-4-6-7-8-9-10-11-12-13-14-16-19-18(3,15-22-16)17(20)21-5-2/h4-15H2,1-3H3. The highest BCUT2D eigenvalue weighted by atomic mass is 16.5. The first-order valence-corrected chi connectivity index (χ1v) is 9.01. The van der Waals surface area contributed by atoms with Crippen molar-refractivity contribution in [2.45, 2.75) is 90.5 Å². The molecular weight excluding hydrogens is 278 g/mol. The Kier molecular flexibility index (Phi) is 9.17. The topological polar surface area (TPSA) is 47.9 Å². The van der Waals surface area contributed by atoms with Crippen LogP contribution in [-0.4, -0.2) is 30.6 Å². The third-order valence-corrected chi connectivity index (χ3v) is 4.10. The van der Waals surface area contributed by atoms with Crippen LogP contribution >= 0.6 is 0 Å². The number of hydrogen-bond donors (Lipinski definition) is 0. The third-order valence-electron chi connectivity index (χ3n) is 4.10. The highest BCUT2D eigenvalue weighted by Crippen LogP contribution is 2.22. The van der Waals surface area contributed by atoms with E-state index in [0.29, 0.717) is 13.2 Å². The van der Waals surface area contributed by atoms with E-state index >= 15 is 0 Å². The number of nitrogens with zero attached hydrogens (tertiary/aromatic N) is 1. The molecule has 0 saturated heterocycles. The summed E-state index contributed by atoms with van der Waals surface area (Å²) in [7, 11) is 0. The maximum atomic E-state index is 11.8. The van der Waals surface area contributed by atoms with Crippen molar-refractivity contribution >= 4 is 11.9 Å². The van der Waals surface area contributed by atoms with Crippen LogP contribution in [0.25, 0.3) is 0 Å². The summed E-state index contributed by atoms with van der Waals surface area (Å²) < 4.78 is 10.6. The van der Waals surface area contributed by atoms with Crippen LogP contribution in [0.1, 0.15) is 85.0 Å². The molecule has 22 heavy (non-hydrogen) atoms. The Labute approximate surface area is 135 Å². The molecule has 1 atom stereocenters. The first-order valence-electron chi connectivity index (χ1n) is 9.01. The molecule has 0 fully saturated rings. The highest BCUT2D eigenvalue weighted by Gasteiger charge is 2.40. The van der Waals surface area contributed by atoms with E-state index in [2.05, 4.69) is 11.9 Å². The molecule has 0 aromatic carbocycles. The summed E-state index contributed by atoms with van der Waals surface area (Å²) in [5, 5.41) is 0. The Morgan fingerprint density at radius 3 is 2.27 bits per heavy atom. The number of ether oxygens (including phenoxy) is 2. The molecular formula is C18H33NO3. The molecule has 0 N–H and O–H groups in total. The van der Waals surface area contributed by atoms with E-state index in [1.165, 1.54) is 51.4 Å². The predicted octanol–water partition coefficient (Wildman–Crippen LogP) is 4.66. The van der Waals surface area contributed by atoms with Crippen molar-refractivity contribution in [3.05, 3.63) is 0 Å². The van der Waals surface area contributed by atoms with Crippen LogP contribution in [0.5, 0.6) is 0 Å². The Bertz CT molecular complexity index is 354. The Hall–Kier alpha value is -1.06. The normalized spacial score (nSPS) is 20.6. The lowest BCUT2D eigenvalue weighted by Gasteiger charge is -2.15. The third kappa shape index (κ3) is 6.80. The van der Waals surface area contributed by atoms with E-state index in [1.54, 1.807) is 6.92 Å². The molecule has 0 aliphatic carbocycles. The zero-order valence-corrected chi connectivity index (χ0v) is 14.7. The van der Waals surface area contributed by atoms with Gasteiger partial charge in [0.2, 0.25) is 0 Å². The Morgan fingerprint density at radius 2 is 1.68 bits per heavy atom. The fraction of sp³-hybridized carbons (Fsp3) is 0.889. The van der Waals surface area contributed by atoms with Gasteiger partial charge in [0.25, 0.3) is 0 Å². The van der Waals surface area contributed by atoms with Crippen LogP contribution in [0.3, 0.4) is 0 Å². The second-order valence-electron chi connectivity index (χ2n) is 6.37. The van der Waals surface area contributed by atoms with Crippen molar-refractivity contribution in [3.63, 3.8) is 0 Å². The number of unbranched alkanes of at least 4 members (excludes halogenated alkanes) is 8. The summed E-state index contributed by atoms with van der Waals surface area (Å²) in [6, 6.07) is 0. The summed E-state index contributed by atoms with van der Waals surface area (Å²) in [6.45, 7) is 6.55. The summed E-state index contributed by atoms with van der Waals surface area (Å²) >= 11 is 0. The fourth-order valence-electron chi connectivity index (χ4n) is 2.67. The van der Waals surface area contributed by atoms with Gasteiger partial charge >= 0.3 is 5.97 Å². The van der Waals surface area contributed by atoms with Gasteiger partial charge in [-0.25, -0.2) is 9.79 Å². The number of rotatable bonds is 12. The van der Waals surface area contributed by atoms with E-state index in [1.807, 2.05) is 6.92 Å². The summed E-state index contributed by atoms with van der Waals surface area (Å²) in [5.41, 5.74) is -0.829. The maximum absolute atomic E-state index is 11.8. The average molecular weight is 311 g/mol. The number of hydrogen-bond acceptors (Lipinski definition) is 4. The van der Waals surface area contributed by atoms with Gasteiger partial charge in [-0.3, -0.25) is 0 Å². The first kappa shape index (κ1) is 19.0. The van der Waals surface area contributed by atoms with Gasteiger partial charge in [-0.15, -0.1) is 0 Å². The zero-order chi connectivity index (χ0) is 16.3. The lowest BCUT2D eigenvalue weighted by molar-refractivity contribution is -0.149. The van der Waals surface area contributed by atoms with Crippen LogP contribution in [0.15, 0.2) is 4.99 Å². The first-order chi connectivity index (χ1) is 10.6.